The van der Waals surface area contributed by atoms with Gasteiger partial charge in [-0.3, -0.25) is 0 Å². The van der Waals surface area contributed by atoms with E-state index < -0.39 is 0 Å². The number of ether oxygens (including phenoxy) is 1. The molecule has 0 saturated heterocycles. The summed E-state index contributed by atoms with van der Waals surface area (Å²) < 4.78 is 19.0. The monoisotopic (exact) mass is 411 g/mol. The molecule has 0 aliphatic rings. The van der Waals surface area contributed by atoms with Crippen molar-refractivity contribution < 1.29 is 9.13 Å². The van der Waals surface area contributed by atoms with Crippen LogP contribution in [0.4, 0.5) is 4.39 Å². The topological polar surface area (TPSA) is 33.0 Å². The summed E-state index contributed by atoms with van der Waals surface area (Å²) in [6, 6.07) is 19.4. The number of nitrogens with zero attached hydrogens (tertiary/aromatic N) is 1. The number of allylic oxidation sites excluding steroid dienone is 1. The van der Waals surface area contributed by atoms with Crippen LogP contribution in [0.15, 0.2) is 60.7 Å². The van der Waals surface area contributed by atoms with E-state index in [1.807, 2.05) is 31.2 Å². The van der Waals surface area contributed by atoms with Gasteiger partial charge in [-0.15, -0.1) is 0 Å². The molecule has 28 heavy (non-hydrogen) atoms. The molecule has 0 bridgehead atoms. The predicted octanol–water partition coefficient (Wildman–Crippen LogP) is 7.08. The van der Waals surface area contributed by atoms with Gasteiger partial charge in [0.25, 0.3) is 0 Å². The fraction of sp³-hybridized carbons (Fsp3) is 0.0870. The van der Waals surface area contributed by atoms with Crippen LogP contribution in [0, 0.1) is 24.1 Å². The zero-order valence-electron chi connectivity index (χ0n) is 15.0. The Hall–Kier alpha value is -2.80. The normalized spacial score (nSPS) is 11.2. The number of halogens is 3. The zero-order chi connectivity index (χ0) is 20.1. The highest BCUT2D eigenvalue weighted by Gasteiger charge is 2.11. The molecule has 0 amide bonds. The van der Waals surface area contributed by atoms with Crippen molar-refractivity contribution in [2.75, 3.05) is 0 Å². The van der Waals surface area contributed by atoms with Gasteiger partial charge < -0.3 is 4.74 Å². The van der Waals surface area contributed by atoms with Crippen molar-refractivity contribution in [2.24, 2.45) is 0 Å². The van der Waals surface area contributed by atoms with Gasteiger partial charge in [0.15, 0.2) is 5.75 Å². The summed E-state index contributed by atoms with van der Waals surface area (Å²) in [4.78, 5) is 0. The van der Waals surface area contributed by atoms with Crippen molar-refractivity contribution in [1.29, 1.82) is 5.26 Å². The minimum atomic E-state index is -0.334. The number of hydrogen-bond acceptors (Lipinski definition) is 2. The number of hydrogen-bond donors (Lipinski definition) is 0. The molecule has 3 rings (SSSR count). The second-order valence-corrected chi connectivity index (χ2v) is 7.08. The van der Waals surface area contributed by atoms with Crippen molar-refractivity contribution >= 4 is 34.9 Å². The van der Waals surface area contributed by atoms with E-state index in [9.17, 15) is 9.65 Å². The largest absolute Gasteiger partial charge is 0.486 e. The van der Waals surface area contributed by atoms with E-state index >= 15 is 0 Å². The van der Waals surface area contributed by atoms with E-state index in [-0.39, 0.29) is 12.4 Å². The van der Waals surface area contributed by atoms with Crippen LogP contribution in [0.3, 0.4) is 0 Å². The highest BCUT2D eigenvalue weighted by molar-refractivity contribution is 6.37. The lowest BCUT2D eigenvalue weighted by Gasteiger charge is -2.11. The molecule has 0 heterocycles. The Morgan fingerprint density at radius 2 is 1.75 bits per heavy atom. The smallest absolute Gasteiger partial charge is 0.157 e. The second-order valence-electron chi connectivity index (χ2n) is 6.27. The predicted molar refractivity (Wildman–Crippen MR) is 112 cm³/mol. The lowest BCUT2D eigenvalue weighted by molar-refractivity contribution is 0.306. The van der Waals surface area contributed by atoms with Crippen LogP contribution >= 0.6 is 23.2 Å². The molecule has 0 radical (unpaired) electrons. The number of benzene rings is 3. The van der Waals surface area contributed by atoms with Crippen LogP contribution in [0.25, 0.3) is 11.6 Å². The van der Waals surface area contributed by atoms with Gasteiger partial charge in [0.2, 0.25) is 0 Å². The van der Waals surface area contributed by atoms with E-state index in [4.69, 9.17) is 27.9 Å². The SMILES string of the molecule is Cc1ccc(/C(C#N)=C/c2cc(Cl)c(OCc3cccc(F)c3)c(Cl)c2)cc1. The lowest BCUT2D eigenvalue weighted by Crippen LogP contribution is -1.97. The summed E-state index contributed by atoms with van der Waals surface area (Å²) >= 11 is 12.7. The molecule has 3 aromatic carbocycles. The van der Waals surface area contributed by atoms with Crippen LogP contribution in [0.5, 0.6) is 5.75 Å². The fourth-order valence-corrected chi connectivity index (χ4v) is 3.28. The van der Waals surface area contributed by atoms with Crippen molar-refractivity contribution in [3.05, 3.63) is 98.8 Å². The van der Waals surface area contributed by atoms with E-state index in [1.165, 1.54) is 12.1 Å². The van der Waals surface area contributed by atoms with Crippen LogP contribution in [0.1, 0.15) is 22.3 Å². The summed E-state index contributed by atoms with van der Waals surface area (Å²) in [7, 11) is 0. The maximum atomic E-state index is 13.3. The maximum absolute atomic E-state index is 13.3. The van der Waals surface area contributed by atoms with Crippen molar-refractivity contribution in [3.8, 4) is 11.8 Å². The van der Waals surface area contributed by atoms with Gasteiger partial charge in [-0.25, -0.2) is 4.39 Å². The van der Waals surface area contributed by atoms with Crippen LogP contribution in [-0.2, 0) is 6.61 Å². The van der Waals surface area contributed by atoms with E-state index in [0.29, 0.717) is 32.5 Å². The zero-order valence-corrected chi connectivity index (χ0v) is 16.6. The average molecular weight is 412 g/mol. The Morgan fingerprint density at radius 1 is 1.07 bits per heavy atom. The minimum Gasteiger partial charge on any atom is -0.486 e. The second kappa shape index (κ2) is 8.93. The molecule has 0 fully saturated rings. The Balaban J connectivity index is 1.84. The van der Waals surface area contributed by atoms with Crippen LogP contribution < -0.4 is 4.74 Å². The molecule has 0 aliphatic carbocycles. The van der Waals surface area contributed by atoms with Crippen LogP contribution in [0.2, 0.25) is 10.0 Å². The molecule has 0 aromatic heterocycles. The van der Waals surface area contributed by atoms with E-state index in [1.54, 1.807) is 30.3 Å². The van der Waals surface area contributed by atoms with Gasteiger partial charge in [0.1, 0.15) is 12.4 Å². The molecule has 5 heteroatoms. The van der Waals surface area contributed by atoms with E-state index in [2.05, 4.69) is 6.07 Å². The third-order valence-corrected chi connectivity index (χ3v) is 4.65. The van der Waals surface area contributed by atoms with Gasteiger partial charge in [0.05, 0.1) is 21.7 Å². The van der Waals surface area contributed by atoms with Gasteiger partial charge in [-0.05, 0) is 54.0 Å². The lowest BCUT2D eigenvalue weighted by atomic mass is 10.0. The standard InChI is InChI=1S/C23H16Cl2FNO/c1-15-5-7-18(8-6-15)19(13-27)9-17-11-21(24)23(22(25)12-17)28-14-16-3-2-4-20(26)10-16/h2-12H,14H2,1H3/b19-9+. The van der Waals surface area contributed by atoms with Gasteiger partial charge >= 0.3 is 0 Å². The number of rotatable bonds is 5. The summed E-state index contributed by atoms with van der Waals surface area (Å²) in [6.45, 7) is 2.13. The maximum Gasteiger partial charge on any atom is 0.157 e. The third-order valence-electron chi connectivity index (χ3n) is 4.09. The molecule has 0 unspecified atom stereocenters. The van der Waals surface area contributed by atoms with Crippen molar-refractivity contribution in [2.45, 2.75) is 13.5 Å². The van der Waals surface area contributed by atoms with Gasteiger partial charge in [0, 0.05) is 0 Å². The fourth-order valence-electron chi connectivity index (χ4n) is 2.66. The first-order chi connectivity index (χ1) is 13.5. The van der Waals surface area contributed by atoms with Crippen molar-refractivity contribution in [1.82, 2.24) is 0 Å². The first kappa shape index (κ1) is 19.9. The number of nitriles is 1. The molecule has 0 N–H and O–H groups in total. The summed E-state index contributed by atoms with van der Waals surface area (Å²) in [5.41, 5.74) is 3.78. The molecule has 0 saturated carbocycles. The molecular weight excluding hydrogens is 396 g/mol. The summed E-state index contributed by atoms with van der Waals surface area (Å²) in [5.74, 6) is -0.0162. The minimum absolute atomic E-state index is 0.138. The quantitative estimate of drug-likeness (QED) is 0.331. The molecule has 0 atom stereocenters. The van der Waals surface area contributed by atoms with Crippen molar-refractivity contribution in [3.63, 3.8) is 0 Å². The third kappa shape index (κ3) is 4.92. The summed E-state index contributed by atoms with van der Waals surface area (Å²) in [5, 5.41) is 10.1. The van der Waals surface area contributed by atoms with Crippen LogP contribution in [-0.4, -0.2) is 0 Å². The van der Waals surface area contributed by atoms with Gasteiger partial charge in [-0.1, -0.05) is 65.2 Å². The van der Waals surface area contributed by atoms with E-state index in [0.717, 1.165) is 11.1 Å². The molecule has 140 valence electrons. The average Bonchev–Trinajstić information content (AvgIpc) is 2.66. The Kier molecular flexibility index (Phi) is 6.36. The molecule has 2 nitrogen and oxygen atoms in total. The Bertz CT molecular complexity index is 1050. The first-order valence-electron chi connectivity index (χ1n) is 8.51. The first-order valence-corrected chi connectivity index (χ1v) is 9.27. The summed E-state index contributed by atoms with van der Waals surface area (Å²) in [6.07, 6.45) is 1.72. The molecular formula is C23H16Cl2FNO. The Labute approximate surface area is 173 Å². The number of aryl methyl sites for hydroxylation is 1. The van der Waals surface area contributed by atoms with Gasteiger partial charge in [-0.2, -0.15) is 5.26 Å². The molecule has 0 spiro atoms. The Morgan fingerprint density at radius 3 is 2.36 bits per heavy atom. The molecule has 0 aliphatic heterocycles. The highest BCUT2D eigenvalue weighted by Crippen LogP contribution is 2.36. The highest BCUT2D eigenvalue weighted by atomic mass is 35.5. The molecule has 3 aromatic rings.